The molecule has 0 bridgehead atoms. The van der Waals surface area contributed by atoms with Crippen LogP contribution >= 0.6 is 0 Å². The van der Waals surface area contributed by atoms with Crippen molar-refractivity contribution in [2.75, 3.05) is 6.54 Å². The zero-order chi connectivity index (χ0) is 8.91. The molecule has 0 saturated carbocycles. The van der Waals surface area contributed by atoms with E-state index in [0.717, 1.165) is 6.54 Å². The largest absolute Gasteiger partial charge is 0.290 e. The second kappa shape index (κ2) is 4.32. The zero-order valence-corrected chi connectivity index (χ0v) is 8.31. The molecule has 0 amide bonds. The molecule has 64 valence electrons. The maximum absolute atomic E-state index is 4.42. The van der Waals surface area contributed by atoms with Crippen LogP contribution < -0.4 is 0 Å². The van der Waals surface area contributed by atoms with Gasteiger partial charge in [-0.25, -0.2) is 0 Å². The van der Waals surface area contributed by atoms with Crippen molar-refractivity contribution in [2.45, 2.75) is 34.6 Å². The molecule has 1 heteroatoms. The first-order chi connectivity index (χ1) is 5.02. The Hall–Kier alpha value is -0.590. The number of nitrogens with zero attached hydrogens (tertiary/aromatic N) is 1. The van der Waals surface area contributed by atoms with Gasteiger partial charge in [0.05, 0.1) is 0 Å². The molecule has 0 atom stereocenters. The van der Waals surface area contributed by atoms with Gasteiger partial charge in [0, 0.05) is 17.7 Å². The van der Waals surface area contributed by atoms with E-state index in [-0.39, 0.29) is 5.41 Å². The van der Waals surface area contributed by atoms with Gasteiger partial charge in [0.15, 0.2) is 0 Å². The quantitative estimate of drug-likeness (QED) is 0.541. The van der Waals surface area contributed by atoms with Gasteiger partial charge in [0.1, 0.15) is 0 Å². The van der Waals surface area contributed by atoms with E-state index in [2.05, 4.69) is 38.8 Å². The van der Waals surface area contributed by atoms with Crippen LogP contribution in [0.3, 0.4) is 0 Å². The zero-order valence-electron chi connectivity index (χ0n) is 8.31. The first-order valence-corrected chi connectivity index (χ1v) is 4.20. The summed E-state index contributed by atoms with van der Waals surface area (Å²) in [6, 6.07) is 0. The molecule has 0 aliphatic carbocycles. The van der Waals surface area contributed by atoms with E-state index < -0.39 is 0 Å². The number of rotatable bonds is 2. The summed E-state index contributed by atoms with van der Waals surface area (Å²) in [5.74, 6) is 0. The predicted octanol–water partition coefficient (Wildman–Crippen LogP) is 3.07. The molecular formula is C10H19N. The van der Waals surface area contributed by atoms with Crippen molar-refractivity contribution in [1.82, 2.24) is 0 Å². The molecule has 0 spiro atoms. The molecule has 1 nitrogen and oxygen atoms in total. The lowest BCUT2D eigenvalue weighted by Gasteiger charge is -2.18. The summed E-state index contributed by atoms with van der Waals surface area (Å²) in [6.45, 7) is 11.5. The van der Waals surface area contributed by atoms with Crippen molar-refractivity contribution in [3.63, 3.8) is 0 Å². The summed E-state index contributed by atoms with van der Waals surface area (Å²) in [5.41, 5.74) is 1.37. The minimum atomic E-state index is 0.183. The highest BCUT2D eigenvalue weighted by Gasteiger charge is 2.14. The topological polar surface area (TPSA) is 12.4 Å². The Morgan fingerprint density at radius 3 is 2.18 bits per heavy atom. The lowest BCUT2D eigenvalue weighted by atomic mass is 9.89. The van der Waals surface area contributed by atoms with Gasteiger partial charge in [0.2, 0.25) is 0 Å². The van der Waals surface area contributed by atoms with Gasteiger partial charge in [-0.15, -0.1) is 0 Å². The Bertz CT molecular complexity index is 158. The average Bonchev–Trinajstić information content (AvgIpc) is 1.85. The lowest BCUT2D eigenvalue weighted by molar-refractivity contribution is 0.591. The number of allylic oxidation sites excluding steroid dienone is 2. The summed E-state index contributed by atoms with van der Waals surface area (Å²) >= 11 is 0. The van der Waals surface area contributed by atoms with Gasteiger partial charge < -0.3 is 0 Å². The van der Waals surface area contributed by atoms with Crippen molar-refractivity contribution in [3.8, 4) is 0 Å². The maximum atomic E-state index is 4.42. The number of hydrogen-bond donors (Lipinski definition) is 0. The third kappa shape index (κ3) is 3.97. The second-order valence-corrected chi connectivity index (χ2v) is 3.61. The Morgan fingerprint density at radius 2 is 1.91 bits per heavy atom. The monoisotopic (exact) mass is 153 g/mol. The van der Waals surface area contributed by atoms with Crippen LogP contribution in [0.1, 0.15) is 34.6 Å². The maximum Gasteiger partial charge on any atom is 0.0398 e. The number of aliphatic imine (C=N–C) groups is 1. The van der Waals surface area contributed by atoms with Crippen molar-refractivity contribution in [1.29, 1.82) is 0 Å². The van der Waals surface area contributed by atoms with Crippen LogP contribution in [-0.2, 0) is 0 Å². The van der Waals surface area contributed by atoms with Crippen molar-refractivity contribution in [2.24, 2.45) is 10.4 Å². The summed E-state index contributed by atoms with van der Waals surface area (Å²) in [6.07, 6.45) is 4.13. The fraction of sp³-hybridized carbons (Fsp3) is 0.700. The van der Waals surface area contributed by atoms with Crippen molar-refractivity contribution in [3.05, 3.63) is 12.2 Å². The van der Waals surface area contributed by atoms with Gasteiger partial charge in [0.25, 0.3) is 0 Å². The molecule has 0 radical (unpaired) electrons. The Kier molecular flexibility index (Phi) is 4.09. The molecule has 0 aromatic carbocycles. The molecule has 0 aliphatic heterocycles. The highest BCUT2D eigenvalue weighted by atomic mass is 14.7. The molecular weight excluding hydrogens is 134 g/mol. The minimum Gasteiger partial charge on any atom is -0.290 e. The van der Waals surface area contributed by atoms with Crippen LogP contribution in [-0.4, -0.2) is 12.3 Å². The minimum absolute atomic E-state index is 0.183. The first-order valence-electron chi connectivity index (χ1n) is 4.20. The van der Waals surface area contributed by atoms with Crippen LogP contribution in [0.4, 0.5) is 0 Å². The van der Waals surface area contributed by atoms with E-state index >= 15 is 0 Å². The van der Waals surface area contributed by atoms with Gasteiger partial charge in [-0.3, -0.25) is 4.99 Å². The summed E-state index contributed by atoms with van der Waals surface area (Å²) in [7, 11) is 0. The molecule has 0 heterocycles. The second-order valence-electron chi connectivity index (χ2n) is 3.61. The lowest BCUT2D eigenvalue weighted by Crippen LogP contribution is -2.18. The number of hydrogen-bond acceptors (Lipinski definition) is 1. The summed E-state index contributed by atoms with van der Waals surface area (Å²) in [5, 5.41) is 0. The Labute approximate surface area is 70.2 Å². The third-order valence-electron chi connectivity index (χ3n) is 1.42. The van der Waals surface area contributed by atoms with E-state index in [9.17, 15) is 0 Å². The van der Waals surface area contributed by atoms with Gasteiger partial charge >= 0.3 is 0 Å². The van der Waals surface area contributed by atoms with Crippen LogP contribution in [0.25, 0.3) is 0 Å². The van der Waals surface area contributed by atoms with Gasteiger partial charge in [-0.1, -0.05) is 26.8 Å². The van der Waals surface area contributed by atoms with E-state index in [1.165, 1.54) is 5.71 Å². The predicted molar refractivity (Wildman–Crippen MR) is 52.2 cm³/mol. The first kappa shape index (κ1) is 10.4. The van der Waals surface area contributed by atoms with Crippen LogP contribution in [0.5, 0.6) is 0 Å². The molecule has 0 rings (SSSR count). The highest BCUT2D eigenvalue weighted by Crippen LogP contribution is 2.16. The Balaban J connectivity index is 4.48. The molecule has 0 aromatic rings. The smallest absolute Gasteiger partial charge is 0.0398 e. The molecule has 0 saturated heterocycles. The molecule has 0 unspecified atom stereocenters. The molecule has 11 heavy (non-hydrogen) atoms. The SMILES string of the molecule is C/C=C\C(=N/CC)C(C)(C)C. The van der Waals surface area contributed by atoms with E-state index in [1.54, 1.807) is 0 Å². The molecule has 0 aromatic heterocycles. The fourth-order valence-corrected chi connectivity index (χ4v) is 0.868. The van der Waals surface area contributed by atoms with E-state index in [0.29, 0.717) is 0 Å². The van der Waals surface area contributed by atoms with E-state index in [4.69, 9.17) is 0 Å². The normalized spacial score (nSPS) is 14.5. The molecule has 0 fully saturated rings. The third-order valence-corrected chi connectivity index (χ3v) is 1.42. The van der Waals surface area contributed by atoms with Crippen molar-refractivity contribution >= 4 is 5.71 Å². The Morgan fingerprint density at radius 1 is 1.36 bits per heavy atom. The van der Waals surface area contributed by atoms with Crippen molar-refractivity contribution < 1.29 is 0 Å². The standard InChI is InChI=1S/C10H19N/c1-6-8-9(11-7-2)10(3,4)5/h6,8H,7H2,1-5H3/b8-6-,11-9+. The summed E-state index contributed by atoms with van der Waals surface area (Å²) in [4.78, 5) is 4.42. The molecule has 0 aliphatic rings. The fourth-order valence-electron chi connectivity index (χ4n) is 0.868. The van der Waals surface area contributed by atoms with Crippen LogP contribution in [0.2, 0.25) is 0 Å². The van der Waals surface area contributed by atoms with E-state index in [1.807, 2.05) is 13.0 Å². The van der Waals surface area contributed by atoms with Gasteiger partial charge in [-0.2, -0.15) is 0 Å². The van der Waals surface area contributed by atoms with Crippen LogP contribution in [0.15, 0.2) is 17.1 Å². The van der Waals surface area contributed by atoms with Gasteiger partial charge in [-0.05, 0) is 19.9 Å². The average molecular weight is 153 g/mol. The molecule has 0 N–H and O–H groups in total. The van der Waals surface area contributed by atoms with Crippen LogP contribution in [0, 0.1) is 5.41 Å². The highest BCUT2D eigenvalue weighted by molar-refractivity contribution is 5.98. The summed E-state index contributed by atoms with van der Waals surface area (Å²) < 4.78 is 0.